The Hall–Kier alpha value is -2.51. The number of benzene rings is 2. The van der Waals surface area contributed by atoms with Crippen LogP contribution in [-0.4, -0.2) is 21.2 Å². The molecule has 0 bridgehead atoms. The zero-order valence-corrected chi connectivity index (χ0v) is 17.3. The Kier molecular flexibility index (Phi) is 5.94. The van der Waals surface area contributed by atoms with Gasteiger partial charge in [0.05, 0.1) is 12.7 Å². The predicted molar refractivity (Wildman–Crippen MR) is 108 cm³/mol. The lowest BCUT2D eigenvalue weighted by Gasteiger charge is -2.36. The van der Waals surface area contributed by atoms with Crippen molar-refractivity contribution in [2.24, 2.45) is 0 Å². The van der Waals surface area contributed by atoms with Gasteiger partial charge in [-0.05, 0) is 48.3 Å². The summed E-state index contributed by atoms with van der Waals surface area (Å²) in [4.78, 5) is 12.7. The molecule has 0 spiro atoms. The van der Waals surface area contributed by atoms with Crippen LogP contribution >= 0.6 is 0 Å². The average Bonchev–Trinajstić information content (AvgIpc) is 2.59. The SMILES string of the molecule is COc1ccc(C(=O)C#Cc2ccccc2)c(O[Si](C)(C)C(C)(C)C)c1. The van der Waals surface area contributed by atoms with Crippen molar-refractivity contribution in [3.63, 3.8) is 0 Å². The molecule has 2 rings (SSSR count). The van der Waals surface area contributed by atoms with E-state index in [1.807, 2.05) is 30.3 Å². The first-order valence-corrected chi connectivity index (χ1v) is 11.5. The second kappa shape index (κ2) is 7.80. The van der Waals surface area contributed by atoms with Crippen molar-refractivity contribution in [2.75, 3.05) is 7.11 Å². The van der Waals surface area contributed by atoms with E-state index in [1.54, 1.807) is 25.3 Å². The maximum absolute atomic E-state index is 12.7. The van der Waals surface area contributed by atoms with Crippen molar-refractivity contribution in [3.05, 3.63) is 59.7 Å². The molecule has 0 aliphatic heterocycles. The Morgan fingerprint density at radius 3 is 2.27 bits per heavy atom. The van der Waals surface area contributed by atoms with Gasteiger partial charge in [0.2, 0.25) is 5.78 Å². The smallest absolute Gasteiger partial charge is 0.250 e. The van der Waals surface area contributed by atoms with Gasteiger partial charge in [-0.3, -0.25) is 4.79 Å². The van der Waals surface area contributed by atoms with Crippen molar-refractivity contribution in [1.82, 2.24) is 0 Å². The summed E-state index contributed by atoms with van der Waals surface area (Å²) in [6.45, 7) is 10.8. The highest BCUT2D eigenvalue weighted by Crippen LogP contribution is 2.39. The van der Waals surface area contributed by atoms with Crippen LogP contribution in [0.25, 0.3) is 0 Å². The summed E-state index contributed by atoms with van der Waals surface area (Å²) in [5, 5.41) is 0.0200. The lowest BCUT2D eigenvalue weighted by atomic mass is 10.1. The quantitative estimate of drug-likeness (QED) is 0.418. The molecule has 0 aliphatic rings. The molecule has 3 nitrogen and oxygen atoms in total. The normalized spacial score (nSPS) is 11.3. The molecule has 136 valence electrons. The van der Waals surface area contributed by atoms with Crippen LogP contribution in [-0.2, 0) is 0 Å². The van der Waals surface area contributed by atoms with Gasteiger partial charge in [-0.25, -0.2) is 0 Å². The summed E-state index contributed by atoms with van der Waals surface area (Å²) in [5.41, 5.74) is 1.28. The molecule has 0 saturated heterocycles. The van der Waals surface area contributed by atoms with Gasteiger partial charge in [-0.1, -0.05) is 44.9 Å². The third-order valence-corrected chi connectivity index (χ3v) is 9.04. The molecule has 0 unspecified atom stereocenters. The number of rotatable bonds is 4. The van der Waals surface area contributed by atoms with E-state index in [2.05, 4.69) is 45.7 Å². The maximum atomic E-state index is 12.7. The summed E-state index contributed by atoms with van der Waals surface area (Å²) in [6, 6.07) is 14.7. The Bertz CT molecular complexity index is 837. The topological polar surface area (TPSA) is 35.5 Å². The molecule has 0 radical (unpaired) electrons. The molecular weight excluding hydrogens is 340 g/mol. The highest BCUT2D eigenvalue weighted by molar-refractivity contribution is 6.74. The van der Waals surface area contributed by atoms with Gasteiger partial charge in [0.25, 0.3) is 8.32 Å². The first kappa shape index (κ1) is 19.8. The zero-order valence-electron chi connectivity index (χ0n) is 16.3. The molecule has 4 heteroatoms. The Labute approximate surface area is 157 Å². The van der Waals surface area contributed by atoms with E-state index < -0.39 is 8.32 Å². The van der Waals surface area contributed by atoms with Crippen molar-refractivity contribution < 1.29 is 14.0 Å². The lowest BCUT2D eigenvalue weighted by molar-refractivity contribution is 0.105. The number of hydrogen-bond donors (Lipinski definition) is 0. The second-order valence-electron chi connectivity index (χ2n) is 7.67. The van der Waals surface area contributed by atoms with Crippen LogP contribution in [0.15, 0.2) is 48.5 Å². The number of ketones is 1. The number of carbonyl (C=O) groups is 1. The van der Waals surface area contributed by atoms with Gasteiger partial charge in [-0.15, -0.1) is 0 Å². The predicted octanol–water partition coefficient (Wildman–Crippen LogP) is 5.31. The summed E-state index contributed by atoms with van der Waals surface area (Å²) in [7, 11) is -0.502. The van der Waals surface area contributed by atoms with Gasteiger partial charge < -0.3 is 9.16 Å². The molecule has 0 atom stereocenters. The van der Waals surface area contributed by atoms with Crippen molar-refractivity contribution >= 4 is 14.1 Å². The Morgan fingerprint density at radius 1 is 1.04 bits per heavy atom. The van der Waals surface area contributed by atoms with Crippen LogP contribution in [0.1, 0.15) is 36.7 Å². The largest absolute Gasteiger partial charge is 0.543 e. The van der Waals surface area contributed by atoms with Crippen molar-refractivity contribution in [3.8, 4) is 23.3 Å². The van der Waals surface area contributed by atoms with Crippen LogP contribution in [0, 0.1) is 11.8 Å². The van der Waals surface area contributed by atoms with Crippen LogP contribution in [0.3, 0.4) is 0 Å². The van der Waals surface area contributed by atoms with Gasteiger partial charge in [0.1, 0.15) is 11.5 Å². The summed E-state index contributed by atoms with van der Waals surface area (Å²) >= 11 is 0. The van der Waals surface area contributed by atoms with Crippen LogP contribution in [0.4, 0.5) is 0 Å². The van der Waals surface area contributed by atoms with Gasteiger partial charge in [0.15, 0.2) is 0 Å². The molecular formula is C22H26O3Si. The first-order valence-electron chi connectivity index (χ1n) is 8.62. The molecule has 2 aromatic rings. The van der Waals surface area contributed by atoms with E-state index >= 15 is 0 Å². The minimum absolute atomic E-state index is 0.0200. The fourth-order valence-corrected chi connectivity index (χ4v) is 3.07. The molecule has 0 saturated carbocycles. The van der Waals surface area contributed by atoms with Gasteiger partial charge in [0, 0.05) is 11.6 Å². The van der Waals surface area contributed by atoms with Gasteiger partial charge >= 0.3 is 0 Å². The standard InChI is InChI=1S/C22H26O3Si/c1-22(2,3)26(5,6)25-21-16-18(24-4)13-14-19(21)20(23)15-12-17-10-8-7-9-11-17/h7-11,13-14,16H,1-6H3. The number of methoxy groups -OCH3 is 1. The van der Waals surface area contributed by atoms with E-state index in [-0.39, 0.29) is 10.8 Å². The molecule has 0 N–H and O–H groups in total. The number of hydrogen-bond acceptors (Lipinski definition) is 3. The minimum Gasteiger partial charge on any atom is -0.543 e. The second-order valence-corrected chi connectivity index (χ2v) is 12.4. The van der Waals surface area contributed by atoms with Crippen LogP contribution in [0.5, 0.6) is 11.5 Å². The lowest BCUT2D eigenvalue weighted by Crippen LogP contribution is -2.44. The van der Waals surface area contributed by atoms with E-state index in [0.717, 1.165) is 5.56 Å². The van der Waals surface area contributed by atoms with Crippen LogP contribution < -0.4 is 9.16 Å². The Morgan fingerprint density at radius 2 is 1.69 bits per heavy atom. The zero-order chi connectivity index (χ0) is 19.4. The van der Waals surface area contributed by atoms with Gasteiger partial charge in [-0.2, -0.15) is 0 Å². The van der Waals surface area contributed by atoms with Crippen molar-refractivity contribution in [1.29, 1.82) is 0 Å². The molecule has 26 heavy (non-hydrogen) atoms. The molecule has 0 amide bonds. The van der Waals surface area contributed by atoms with E-state index in [1.165, 1.54) is 0 Å². The first-order chi connectivity index (χ1) is 12.1. The highest BCUT2D eigenvalue weighted by Gasteiger charge is 2.39. The van der Waals surface area contributed by atoms with E-state index in [9.17, 15) is 4.79 Å². The number of ether oxygens (including phenoxy) is 1. The average molecular weight is 367 g/mol. The Balaban J connectivity index is 2.39. The molecule has 0 aliphatic carbocycles. The highest BCUT2D eigenvalue weighted by atomic mass is 28.4. The molecule has 2 aromatic carbocycles. The van der Waals surface area contributed by atoms with Crippen LogP contribution in [0.2, 0.25) is 18.1 Å². The number of carbonyl (C=O) groups excluding carboxylic acids is 1. The fraction of sp³-hybridized carbons (Fsp3) is 0.318. The minimum atomic E-state index is -2.10. The molecule has 0 heterocycles. The maximum Gasteiger partial charge on any atom is 0.250 e. The van der Waals surface area contributed by atoms with E-state index in [0.29, 0.717) is 17.1 Å². The third-order valence-electron chi connectivity index (χ3n) is 4.70. The van der Waals surface area contributed by atoms with Crippen molar-refractivity contribution in [2.45, 2.75) is 38.9 Å². The van der Waals surface area contributed by atoms with E-state index in [4.69, 9.17) is 9.16 Å². The molecule has 0 aromatic heterocycles. The summed E-state index contributed by atoms with van der Waals surface area (Å²) in [6.07, 6.45) is 0. The number of Topliss-reactive ketones (excluding diaryl/α,β-unsaturated/α-hetero) is 1. The summed E-state index contributed by atoms with van der Waals surface area (Å²) in [5.74, 6) is 6.58. The molecule has 0 fully saturated rings. The summed E-state index contributed by atoms with van der Waals surface area (Å²) < 4.78 is 11.7. The monoisotopic (exact) mass is 366 g/mol. The fourth-order valence-electron chi connectivity index (χ4n) is 2.05. The third kappa shape index (κ3) is 4.77.